The maximum atomic E-state index is 11.9. The second kappa shape index (κ2) is 10.9. The largest absolute Gasteiger partial charge is 0.497 e. The first-order chi connectivity index (χ1) is 17.7. The second-order valence-corrected chi connectivity index (χ2v) is 9.05. The molecule has 0 spiro atoms. The highest BCUT2D eigenvalue weighted by Gasteiger charge is 2.20. The molecule has 0 saturated carbocycles. The van der Waals surface area contributed by atoms with E-state index < -0.39 is 10.9 Å². The van der Waals surface area contributed by atoms with Crippen LogP contribution in [0.15, 0.2) is 56.9 Å². The van der Waals surface area contributed by atoms with E-state index >= 15 is 0 Å². The summed E-state index contributed by atoms with van der Waals surface area (Å²) in [5.74, 6) is 0.695. The maximum Gasteiger partial charge on any atom is 0.342 e. The van der Waals surface area contributed by atoms with Gasteiger partial charge in [0.25, 0.3) is 5.69 Å². The number of nitro benzene ring substituents is 1. The number of hydrogen-bond donors (Lipinski definition) is 2. The molecule has 14 heteroatoms. The number of thioether (sulfide) groups is 1. The Kier molecular flexibility index (Phi) is 7.71. The fourth-order valence-corrected chi connectivity index (χ4v) is 4.34. The lowest BCUT2D eigenvalue weighted by Crippen LogP contribution is -1.97. The SMILES string of the molecule is COc1cc(OC)cc(-c2nc(S/C(=C\c3ccc(-c4cc(Cl)c([N+](=O)[O-])cc4Cl)o3)C(=O)O)n[nH]2)c1. The standard InChI is InChI=1S/C23H16Cl2N4O7S/c1-34-13-5-11(6-14(7-13)35-2)21-26-23(28-27-21)37-20(22(30)31)8-12-3-4-19(36-12)15-9-17(25)18(29(32)33)10-16(15)24/h3-10H,1-2H3,(H,30,31)(H,26,27,28)/b20-8-. The molecular weight excluding hydrogens is 547 g/mol. The Hall–Kier alpha value is -4.00. The van der Waals surface area contributed by atoms with Crippen LogP contribution in [0.4, 0.5) is 5.69 Å². The monoisotopic (exact) mass is 562 g/mol. The smallest absolute Gasteiger partial charge is 0.342 e. The van der Waals surface area contributed by atoms with Crippen molar-refractivity contribution < 1.29 is 28.7 Å². The number of nitrogens with one attached hydrogen (secondary N) is 1. The van der Waals surface area contributed by atoms with Crippen molar-refractivity contribution in [3.8, 4) is 34.2 Å². The topological polar surface area (TPSA) is 154 Å². The van der Waals surface area contributed by atoms with Crippen LogP contribution in [0.1, 0.15) is 5.76 Å². The van der Waals surface area contributed by atoms with E-state index in [1.54, 1.807) is 24.3 Å². The average Bonchev–Trinajstić information content (AvgIpc) is 3.54. The molecule has 11 nitrogen and oxygen atoms in total. The summed E-state index contributed by atoms with van der Waals surface area (Å²) < 4.78 is 16.2. The van der Waals surface area contributed by atoms with Crippen LogP contribution in [0.5, 0.6) is 11.5 Å². The molecule has 0 aliphatic carbocycles. The third kappa shape index (κ3) is 5.88. The molecule has 2 N–H and O–H groups in total. The van der Waals surface area contributed by atoms with Crippen LogP contribution in [0.3, 0.4) is 0 Å². The first kappa shape index (κ1) is 26.1. The molecule has 0 fully saturated rings. The summed E-state index contributed by atoms with van der Waals surface area (Å²) in [4.78, 5) is 26.5. The van der Waals surface area contributed by atoms with Crippen molar-refractivity contribution >= 4 is 52.7 Å². The highest BCUT2D eigenvalue weighted by Crippen LogP contribution is 2.38. The molecule has 0 bridgehead atoms. The number of aliphatic carboxylic acids is 1. The highest BCUT2D eigenvalue weighted by atomic mass is 35.5. The van der Waals surface area contributed by atoms with Crippen LogP contribution < -0.4 is 9.47 Å². The molecule has 0 radical (unpaired) electrons. The molecule has 2 aromatic heterocycles. The zero-order valence-electron chi connectivity index (χ0n) is 19.0. The lowest BCUT2D eigenvalue weighted by Gasteiger charge is -2.06. The number of hydrogen-bond acceptors (Lipinski definition) is 9. The number of aromatic nitrogens is 3. The summed E-state index contributed by atoms with van der Waals surface area (Å²) in [6.45, 7) is 0. The Morgan fingerprint density at radius 2 is 1.84 bits per heavy atom. The second-order valence-electron chi connectivity index (χ2n) is 7.23. The van der Waals surface area contributed by atoms with Crippen molar-refractivity contribution in [3.63, 3.8) is 0 Å². The molecule has 0 amide bonds. The summed E-state index contributed by atoms with van der Waals surface area (Å²) in [5.41, 5.74) is 0.601. The maximum absolute atomic E-state index is 11.9. The van der Waals surface area contributed by atoms with Gasteiger partial charge < -0.3 is 19.0 Å². The van der Waals surface area contributed by atoms with Gasteiger partial charge >= 0.3 is 5.97 Å². The number of halogens is 2. The molecule has 190 valence electrons. The van der Waals surface area contributed by atoms with Gasteiger partial charge in [-0.1, -0.05) is 23.2 Å². The van der Waals surface area contributed by atoms with Gasteiger partial charge in [0.2, 0.25) is 5.16 Å². The predicted octanol–water partition coefficient (Wildman–Crippen LogP) is 6.18. The normalized spacial score (nSPS) is 11.4. The van der Waals surface area contributed by atoms with Crippen molar-refractivity contribution in [2.75, 3.05) is 14.2 Å². The number of carboxylic acids is 1. The Balaban J connectivity index is 1.59. The van der Waals surface area contributed by atoms with Crippen LogP contribution in [0.25, 0.3) is 28.8 Å². The number of ether oxygens (including phenoxy) is 2. The van der Waals surface area contributed by atoms with E-state index in [0.717, 1.165) is 17.8 Å². The Bertz CT molecular complexity index is 1510. The van der Waals surface area contributed by atoms with E-state index in [1.165, 1.54) is 32.4 Å². The van der Waals surface area contributed by atoms with E-state index in [1.807, 2.05) is 0 Å². The van der Waals surface area contributed by atoms with Gasteiger partial charge in [0.1, 0.15) is 32.9 Å². The average molecular weight is 563 g/mol. The molecule has 2 aromatic carbocycles. The van der Waals surface area contributed by atoms with Gasteiger partial charge in [0, 0.05) is 29.3 Å². The minimum Gasteiger partial charge on any atom is -0.497 e. The molecule has 37 heavy (non-hydrogen) atoms. The van der Waals surface area contributed by atoms with E-state index in [2.05, 4.69) is 15.2 Å². The van der Waals surface area contributed by atoms with Crippen LogP contribution in [-0.4, -0.2) is 45.4 Å². The fourth-order valence-electron chi connectivity index (χ4n) is 3.17. The molecule has 0 saturated heterocycles. The van der Waals surface area contributed by atoms with E-state index in [4.69, 9.17) is 37.1 Å². The third-order valence-electron chi connectivity index (χ3n) is 4.90. The number of methoxy groups -OCH3 is 2. The van der Waals surface area contributed by atoms with Crippen molar-refractivity contribution in [1.29, 1.82) is 0 Å². The molecule has 2 heterocycles. The van der Waals surface area contributed by atoms with Crippen LogP contribution >= 0.6 is 35.0 Å². The quantitative estimate of drug-likeness (QED) is 0.104. The summed E-state index contributed by atoms with van der Waals surface area (Å²) in [5, 5.41) is 27.7. The zero-order valence-corrected chi connectivity index (χ0v) is 21.3. The van der Waals surface area contributed by atoms with Gasteiger partial charge in [-0.2, -0.15) is 0 Å². The lowest BCUT2D eigenvalue weighted by atomic mass is 10.1. The molecule has 0 aliphatic heterocycles. The van der Waals surface area contributed by atoms with Gasteiger partial charge in [-0.05, 0) is 42.1 Å². The summed E-state index contributed by atoms with van der Waals surface area (Å²) in [6, 6.07) is 10.7. The number of nitro groups is 1. The minimum absolute atomic E-state index is 0.0521. The van der Waals surface area contributed by atoms with Crippen LogP contribution in [-0.2, 0) is 4.79 Å². The molecular formula is C23H16Cl2N4O7S. The predicted molar refractivity (Wildman–Crippen MR) is 137 cm³/mol. The number of rotatable bonds is 9. The Morgan fingerprint density at radius 3 is 2.46 bits per heavy atom. The number of benzene rings is 2. The summed E-state index contributed by atoms with van der Waals surface area (Å²) >= 11 is 13.0. The molecule has 0 unspecified atom stereocenters. The first-order valence-corrected chi connectivity index (χ1v) is 11.8. The van der Waals surface area contributed by atoms with E-state index in [-0.39, 0.29) is 37.3 Å². The van der Waals surface area contributed by atoms with Gasteiger partial charge in [-0.3, -0.25) is 15.2 Å². The Labute approximate surface area is 223 Å². The lowest BCUT2D eigenvalue weighted by molar-refractivity contribution is -0.384. The molecule has 0 atom stereocenters. The van der Waals surface area contributed by atoms with Gasteiger partial charge in [-0.15, -0.1) is 5.10 Å². The Morgan fingerprint density at radius 1 is 1.14 bits per heavy atom. The molecule has 4 rings (SSSR count). The molecule has 4 aromatic rings. The van der Waals surface area contributed by atoms with Gasteiger partial charge in [0.05, 0.1) is 24.2 Å². The first-order valence-electron chi connectivity index (χ1n) is 10.2. The number of H-pyrrole nitrogens is 1. The minimum atomic E-state index is -1.23. The van der Waals surface area contributed by atoms with Crippen molar-refractivity contribution in [1.82, 2.24) is 15.2 Å². The van der Waals surface area contributed by atoms with Crippen molar-refractivity contribution in [3.05, 3.63) is 73.3 Å². The zero-order chi connectivity index (χ0) is 26.7. The van der Waals surface area contributed by atoms with Gasteiger partial charge in [0.15, 0.2) is 5.82 Å². The van der Waals surface area contributed by atoms with Gasteiger partial charge in [-0.25, -0.2) is 9.78 Å². The number of carboxylic acid groups (broad SMARTS) is 1. The number of aromatic amines is 1. The highest BCUT2D eigenvalue weighted by molar-refractivity contribution is 8.04. The van der Waals surface area contributed by atoms with Crippen molar-refractivity contribution in [2.45, 2.75) is 5.16 Å². The molecule has 0 aliphatic rings. The number of nitrogens with zero attached hydrogens (tertiary/aromatic N) is 3. The van der Waals surface area contributed by atoms with E-state index in [9.17, 15) is 20.0 Å². The van der Waals surface area contributed by atoms with Crippen molar-refractivity contribution in [2.24, 2.45) is 0 Å². The summed E-state index contributed by atoms with van der Waals surface area (Å²) in [7, 11) is 3.04. The van der Waals surface area contributed by atoms with Crippen LogP contribution in [0, 0.1) is 10.1 Å². The van der Waals surface area contributed by atoms with E-state index in [0.29, 0.717) is 28.5 Å². The number of carbonyl (C=O) groups is 1. The van der Waals surface area contributed by atoms with Crippen LogP contribution in [0.2, 0.25) is 10.0 Å². The third-order valence-corrected chi connectivity index (χ3v) is 6.39. The summed E-state index contributed by atoms with van der Waals surface area (Å²) in [6.07, 6.45) is 1.29. The number of furan rings is 1. The fraction of sp³-hybridized carbons (Fsp3) is 0.0870.